The fourth-order valence-electron chi connectivity index (χ4n) is 3.52. The molecule has 0 aliphatic rings. The first-order valence-electron chi connectivity index (χ1n) is 9.61. The van der Waals surface area contributed by atoms with E-state index in [0.717, 1.165) is 5.06 Å². The van der Waals surface area contributed by atoms with E-state index in [4.69, 9.17) is 10.0 Å². The van der Waals surface area contributed by atoms with Crippen LogP contribution in [0.25, 0.3) is 10.8 Å². The first kappa shape index (κ1) is 22.1. The zero-order valence-corrected chi connectivity index (χ0v) is 17.8. The largest absolute Gasteiger partial charge is 0.397 e. The lowest BCUT2D eigenvalue weighted by Gasteiger charge is -2.24. The molecule has 1 atom stereocenters. The Morgan fingerprint density at radius 3 is 2.33 bits per heavy atom. The van der Waals surface area contributed by atoms with Gasteiger partial charge in [0.25, 0.3) is 5.69 Å². The number of nitrogen functional groups attached to an aromatic ring is 1. The summed E-state index contributed by atoms with van der Waals surface area (Å²) in [5, 5.41) is 13.3. The molecule has 0 aromatic heterocycles. The van der Waals surface area contributed by atoms with Crippen molar-refractivity contribution in [2.75, 3.05) is 10.8 Å². The van der Waals surface area contributed by atoms with Crippen LogP contribution in [0.5, 0.6) is 0 Å². The maximum absolute atomic E-state index is 13.2. The average molecular weight is 463 g/mol. The van der Waals surface area contributed by atoms with E-state index in [1.165, 1.54) is 30.3 Å². The topological polar surface area (TPSA) is 136 Å². The van der Waals surface area contributed by atoms with Crippen molar-refractivity contribution < 1.29 is 22.8 Å². The van der Waals surface area contributed by atoms with Gasteiger partial charge in [-0.1, -0.05) is 48.5 Å². The maximum Gasteiger partial charge on any atom is 0.325 e. The number of rotatable bonds is 7. The quantitative estimate of drug-likeness (QED) is 0.132. The SMILES string of the molecule is Nc1ccccc1N(OS(=O)O)c1ccc(C(=O)c2cccc([N+](=O)[O-])c2)c2ccccc12. The van der Waals surface area contributed by atoms with Crippen LogP contribution in [0, 0.1) is 10.1 Å². The molecule has 4 rings (SSSR count). The third-order valence-electron chi connectivity index (χ3n) is 4.98. The normalized spacial score (nSPS) is 11.8. The molecule has 3 N–H and O–H groups in total. The van der Waals surface area contributed by atoms with Crippen molar-refractivity contribution in [2.45, 2.75) is 0 Å². The molecule has 1 unspecified atom stereocenters. The number of hydrogen-bond donors (Lipinski definition) is 2. The summed E-state index contributed by atoms with van der Waals surface area (Å²) in [6, 6.07) is 22.2. The number of nitrogens with zero attached hydrogens (tertiary/aromatic N) is 2. The lowest BCUT2D eigenvalue weighted by molar-refractivity contribution is -0.384. The number of carbonyl (C=O) groups is 1. The van der Waals surface area contributed by atoms with E-state index in [9.17, 15) is 23.7 Å². The Kier molecular flexibility index (Phi) is 6.13. The summed E-state index contributed by atoms with van der Waals surface area (Å²) >= 11 is -2.66. The van der Waals surface area contributed by atoms with Crippen LogP contribution in [-0.2, 0) is 15.6 Å². The van der Waals surface area contributed by atoms with E-state index in [1.54, 1.807) is 54.6 Å². The number of para-hydroxylation sites is 2. The number of anilines is 3. The summed E-state index contributed by atoms with van der Waals surface area (Å²) in [4.78, 5) is 23.8. The summed E-state index contributed by atoms with van der Waals surface area (Å²) in [5.41, 5.74) is 7.36. The van der Waals surface area contributed by atoms with Gasteiger partial charge in [-0.2, -0.15) is 4.21 Å². The van der Waals surface area contributed by atoms with Gasteiger partial charge in [0.05, 0.1) is 22.0 Å². The summed E-state index contributed by atoms with van der Waals surface area (Å²) < 4.78 is 26.1. The van der Waals surface area contributed by atoms with Gasteiger partial charge in [-0.25, -0.2) is 5.06 Å². The van der Waals surface area contributed by atoms with Crippen LogP contribution < -0.4 is 10.8 Å². The van der Waals surface area contributed by atoms with E-state index >= 15 is 0 Å². The monoisotopic (exact) mass is 463 g/mol. The molecule has 0 aliphatic carbocycles. The molecule has 33 heavy (non-hydrogen) atoms. The molecular weight excluding hydrogens is 446 g/mol. The van der Waals surface area contributed by atoms with Crippen molar-refractivity contribution in [2.24, 2.45) is 0 Å². The zero-order valence-electron chi connectivity index (χ0n) is 17.0. The first-order chi connectivity index (χ1) is 15.9. The molecule has 0 heterocycles. The van der Waals surface area contributed by atoms with E-state index < -0.39 is 22.1 Å². The van der Waals surface area contributed by atoms with Crippen molar-refractivity contribution in [1.82, 2.24) is 0 Å². The van der Waals surface area contributed by atoms with E-state index in [-0.39, 0.29) is 11.3 Å². The highest BCUT2D eigenvalue weighted by atomic mass is 32.2. The Morgan fingerprint density at radius 1 is 0.939 bits per heavy atom. The second-order valence-electron chi connectivity index (χ2n) is 6.96. The maximum atomic E-state index is 13.2. The highest BCUT2D eigenvalue weighted by molar-refractivity contribution is 7.74. The van der Waals surface area contributed by atoms with Crippen molar-refractivity contribution in [3.63, 3.8) is 0 Å². The van der Waals surface area contributed by atoms with Gasteiger partial charge < -0.3 is 5.73 Å². The van der Waals surface area contributed by atoms with Gasteiger partial charge in [-0.15, -0.1) is 4.28 Å². The van der Waals surface area contributed by atoms with Crippen LogP contribution in [-0.4, -0.2) is 19.5 Å². The molecule has 0 bridgehead atoms. The standard InChI is InChI=1S/C23H17N3O6S/c24-20-10-3-4-11-22(20)25(32-33(30)31)21-13-12-19(17-8-1-2-9-18(17)21)23(27)15-6-5-7-16(14-15)26(28)29/h1-14H,24H2,(H,30,31). The van der Waals surface area contributed by atoms with E-state index in [2.05, 4.69) is 0 Å². The average Bonchev–Trinajstić information content (AvgIpc) is 2.82. The van der Waals surface area contributed by atoms with Gasteiger partial charge in [0.15, 0.2) is 5.78 Å². The second-order valence-corrected chi connectivity index (χ2v) is 7.54. The number of carbonyl (C=O) groups excluding carboxylic acids is 1. The van der Waals surface area contributed by atoms with E-state index in [0.29, 0.717) is 33.4 Å². The van der Waals surface area contributed by atoms with Gasteiger partial charge in [0, 0.05) is 28.6 Å². The van der Waals surface area contributed by atoms with Crippen LogP contribution in [0.15, 0.2) is 84.9 Å². The first-order valence-corrected chi connectivity index (χ1v) is 10.6. The smallest absolute Gasteiger partial charge is 0.325 e. The Balaban J connectivity index is 1.88. The summed E-state index contributed by atoms with van der Waals surface area (Å²) in [6.07, 6.45) is 0. The molecule has 166 valence electrons. The molecule has 4 aromatic rings. The number of nitro groups is 1. The fraction of sp³-hybridized carbons (Fsp3) is 0. The van der Waals surface area contributed by atoms with Crippen LogP contribution in [0.1, 0.15) is 15.9 Å². The van der Waals surface area contributed by atoms with Gasteiger partial charge in [0.2, 0.25) is 0 Å². The summed E-state index contributed by atoms with van der Waals surface area (Å²) in [6.45, 7) is 0. The van der Waals surface area contributed by atoms with Gasteiger partial charge in [-0.3, -0.25) is 19.5 Å². The highest BCUT2D eigenvalue weighted by Crippen LogP contribution is 2.37. The third kappa shape index (κ3) is 4.44. The molecule has 0 aliphatic heterocycles. The Morgan fingerprint density at radius 2 is 1.64 bits per heavy atom. The third-order valence-corrected chi connectivity index (χ3v) is 5.25. The van der Waals surface area contributed by atoms with Gasteiger partial charge in [-0.05, 0) is 29.7 Å². The van der Waals surface area contributed by atoms with Gasteiger partial charge >= 0.3 is 11.4 Å². The second kappa shape index (κ2) is 9.17. The Bertz CT molecular complexity index is 1410. The number of nitrogens with two attached hydrogens (primary N) is 1. The van der Waals surface area contributed by atoms with Crippen molar-refractivity contribution >= 4 is 50.7 Å². The number of non-ortho nitro benzene ring substituents is 1. The predicted octanol–water partition coefficient (Wildman–Crippen LogP) is 4.77. The molecule has 4 aromatic carbocycles. The minimum Gasteiger partial charge on any atom is -0.397 e. The minimum absolute atomic E-state index is 0.166. The van der Waals surface area contributed by atoms with Crippen LogP contribution in [0.4, 0.5) is 22.7 Å². The predicted molar refractivity (Wildman–Crippen MR) is 125 cm³/mol. The zero-order chi connectivity index (χ0) is 23.5. The van der Waals surface area contributed by atoms with Crippen LogP contribution in [0.3, 0.4) is 0 Å². The number of ketones is 1. The molecule has 0 spiro atoms. The minimum atomic E-state index is -2.66. The lowest BCUT2D eigenvalue weighted by Crippen LogP contribution is -2.20. The Labute approximate surface area is 190 Å². The van der Waals surface area contributed by atoms with Crippen molar-refractivity contribution in [1.29, 1.82) is 0 Å². The lowest BCUT2D eigenvalue weighted by atomic mass is 9.96. The highest BCUT2D eigenvalue weighted by Gasteiger charge is 2.22. The molecule has 0 fully saturated rings. The summed E-state index contributed by atoms with van der Waals surface area (Å²) in [5.74, 6) is -0.404. The molecule has 0 saturated carbocycles. The summed E-state index contributed by atoms with van der Waals surface area (Å²) in [7, 11) is 0. The Hall–Kier alpha value is -4.12. The molecule has 0 radical (unpaired) electrons. The number of nitro benzene ring substituents is 1. The fourth-order valence-corrected chi connectivity index (χ4v) is 3.81. The molecule has 9 nitrogen and oxygen atoms in total. The van der Waals surface area contributed by atoms with Crippen LogP contribution >= 0.6 is 0 Å². The van der Waals surface area contributed by atoms with Crippen molar-refractivity contribution in [3.05, 3.63) is 106 Å². The van der Waals surface area contributed by atoms with E-state index in [1.807, 2.05) is 0 Å². The molecular formula is C23H17N3O6S. The number of hydrogen-bond acceptors (Lipinski definition) is 7. The van der Waals surface area contributed by atoms with Crippen LogP contribution in [0.2, 0.25) is 0 Å². The molecule has 10 heteroatoms. The number of fused-ring (bicyclic) bond motifs is 1. The molecule has 0 amide bonds. The van der Waals surface area contributed by atoms with Gasteiger partial charge in [0.1, 0.15) is 0 Å². The molecule has 0 saturated heterocycles. The number of benzene rings is 4. The van der Waals surface area contributed by atoms with Crippen molar-refractivity contribution in [3.8, 4) is 0 Å².